The van der Waals surface area contributed by atoms with Crippen LogP contribution in [0.15, 0.2) is 18.2 Å². The van der Waals surface area contributed by atoms with Gasteiger partial charge in [0.15, 0.2) is 5.82 Å². The van der Waals surface area contributed by atoms with E-state index in [1.165, 1.54) is 0 Å². The largest absolute Gasteiger partial charge is 0.399 e. The molecular formula is C11H14N6O. The standard InChI is InChI=1S/C11H14N6O/c12-7-1-2-9(10(13)5-7)11-14-15-16-17(11)8-3-4-18-6-8/h1-2,5,8H,3-4,6,12-13H2. The van der Waals surface area contributed by atoms with Crippen molar-refractivity contribution in [1.82, 2.24) is 20.2 Å². The zero-order valence-corrected chi connectivity index (χ0v) is 9.78. The summed E-state index contributed by atoms with van der Waals surface area (Å²) >= 11 is 0. The molecule has 7 nitrogen and oxygen atoms in total. The Labute approximate surface area is 104 Å². The van der Waals surface area contributed by atoms with Gasteiger partial charge in [-0.1, -0.05) is 0 Å². The first-order valence-corrected chi connectivity index (χ1v) is 5.76. The number of aromatic nitrogens is 4. The zero-order valence-electron chi connectivity index (χ0n) is 9.78. The summed E-state index contributed by atoms with van der Waals surface area (Å²) in [5.74, 6) is 0.656. The highest BCUT2D eigenvalue weighted by Crippen LogP contribution is 2.29. The maximum atomic E-state index is 5.96. The molecule has 0 spiro atoms. The third kappa shape index (κ3) is 1.78. The average molecular weight is 246 g/mol. The van der Waals surface area contributed by atoms with Crippen LogP contribution in [0.1, 0.15) is 12.5 Å². The van der Waals surface area contributed by atoms with E-state index in [-0.39, 0.29) is 6.04 Å². The fourth-order valence-electron chi connectivity index (χ4n) is 2.12. The third-order valence-corrected chi connectivity index (χ3v) is 3.06. The van der Waals surface area contributed by atoms with E-state index in [2.05, 4.69) is 15.5 Å². The fraction of sp³-hybridized carbons (Fsp3) is 0.364. The molecule has 1 aromatic heterocycles. The molecule has 0 radical (unpaired) electrons. The second-order valence-corrected chi connectivity index (χ2v) is 4.31. The summed E-state index contributed by atoms with van der Waals surface area (Å²) in [6.07, 6.45) is 0.910. The van der Waals surface area contributed by atoms with Gasteiger partial charge in [0.1, 0.15) is 0 Å². The van der Waals surface area contributed by atoms with Crippen molar-refractivity contribution < 1.29 is 4.74 Å². The predicted molar refractivity (Wildman–Crippen MR) is 66.6 cm³/mol. The summed E-state index contributed by atoms with van der Waals surface area (Å²) < 4.78 is 7.13. The predicted octanol–water partition coefficient (Wildman–Crippen LogP) is 0.466. The SMILES string of the molecule is Nc1ccc(-c2nnnn2C2CCOC2)c(N)c1. The molecule has 1 atom stereocenters. The number of anilines is 2. The molecule has 2 aromatic rings. The Morgan fingerprint density at radius 3 is 2.94 bits per heavy atom. The van der Waals surface area contributed by atoms with Crippen LogP contribution < -0.4 is 11.5 Å². The van der Waals surface area contributed by atoms with Crippen LogP contribution in [0.5, 0.6) is 0 Å². The van der Waals surface area contributed by atoms with E-state index in [1.54, 1.807) is 16.8 Å². The number of hydrogen-bond donors (Lipinski definition) is 2. The van der Waals surface area contributed by atoms with Crippen LogP contribution in [0.4, 0.5) is 11.4 Å². The minimum absolute atomic E-state index is 0.173. The normalized spacial score (nSPS) is 19.2. The van der Waals surface area contributed by atoms with Gasteiger partial charge < -0.3 is 16.2 Å². The van der Waals surface area contributed by atoms with Crippen molar-refractivity contribution in [3.63, 3.8) is 0 Å². The lowest BCUT2D eigenvalue weighted by atomic mass is 10.1. The second kappa shape index (κ2) is 4.26. The first-order valence-electron chi connectivity index (χ1n) is 5.76. The van der Waals surface area contributed by atoms with Crippen LogP contribution >= 0.6 is 0 Å². The lowest BCUT2D eigenvalue weighted by Gasteiger charge is -2.11. The quantitative estimate of drug-likeness (QED) is 0.746. The molecule has 1 unspecified atom stereocenters. The maximum Gasteiger partial charge on any atom is 0.184 e. The Balaban J connectivity index is 2.03. The number of nitrogens with two attached hydrogens (primary N) is 2. The summed E-state index contributed by atoms with van der Waals surface area (Å²) in [7, 11) is 0. The molecule has 18 heavy (non-hydrogen) atoms. The third-order valence-electron chi connectivity index (χ3n) is 3.06. The number of nitrogens with zero attached hydrogens (tertiary/aromatic N) is 4. The number of ether oxygens (including phenoxy) is 1. The molecule has 0 saturated carbocycles. The Hall–Kier alpha value is -2.15. The summed E-state index contributed by atoms with van der Waals surface area (Å²) in [5, 5.41) is 11.8. The van der Waals surface area contributed by atoms with E-state index >= 15 is 0 Å². The second-order valence-electron chi connectivity index (χ2n) is 4.31. The smallest absolute Gasteiger partial charge is 0.184 e. The molecule has 94 valence electrons. The van der Waals surface area contributed by atoms with E-state index in [0.29, 0.717) is 23.8 Å². The number of nitrogen functional groups attached to an aromatic ring is 2. The van der Waals surface area contributed by atoms with Crippen molar-refractivity contribution in [2.75, 3.05) is 24.7 Å². The van der Waals surface area contributed by atoms with Gasteiger partial charge in [-0.2, -0.15) is 0 Å². The molecule has 1 aliphatic rings. The van der Waals surface area contributed by atoms with E-state index in [1.807, 2.05) is 6.07 Å². The van der Waals surface area contributed by atoms with Crippen molar-refractivity contribution in [2.24, 2.45) is 0 Å². The van der Waals surface area contributed by atoms with E-state index in [9.17, 15) is 0 Å². The Morgan fingerprint density at radius 1 is 1.33 bits per heavy atom. The molecule has 1 aliphatic heterocycles. The molecule has 0 amide bonds. The van der Waals surface area contributed by atoms with Gasteiger partial charge in [0, 0.05) is 23.5 Å². The Morgan fingerprint density at radius 2 is 2.22 bits per heavy atom. The number of tetrazole rings is 1. The van der Waals surface area contributed by atoms with Gasteiger partial charge in [0.25, 0.3) is 0 Å². The fourth-order valence-corrected chi connectivity index (χ4v) is 2.12. The summed E-state index contributed by atoms with van der Waals surface area (Å²) in [5.41, 5.74) is 13.6. The van der Waals surface area contributed by atoms with Crippen LogP contribution in [0.2, 0.25) is 0 Å². The molecule has 2 heterocycles. The topological polar surface area (TPSA) is 105 Å². The van der Waals surface area contributed by atoms with E-state index < -0.39 is 0 Å². The molecular weight excluding hydrogens is 232 g/mol. The number of rotatable bonds is 2. The highest BCUT2D eigenvalue weighted by atomic mass is 16.5. The Kier molecular flexibility index (Phi) is 2.60. The minimum atomic E-state index is 0.173. The first-order chi connectivity index (χ1) is 8.75. The summed E-state index contributed by atoms with van der Waals surface area (Å²) in [6, 6.07) is 5.50. The number of benzene rings is 1. The van der Waals surface area contributed by atoms with Gasteiger partial charge >= 0.3 is 0 Å². The van der Waals surface area contributed by atoms with Gasteiger partial charge in [0.05, 0.1) is 12.6 Å². The van der Waals surface area contributed by atoms with Gasteiger partial charge in [-0.05, 0) is 35.0 Å². The molecule has 3 rings (SSSR count). The lowest BCUT2D eigenvalue weighted by Crippen LogP contribution is -2.12. The Bertz CT molecular complexity index is 560. The summed E-state index contributed by atoms with van der Waals surface area (Å²) in [6.45, 7) is 1.37. The number of hydrogen-bond acceptors (Lipinski definition) is 6. The minimum Gasteiger partial charge on any atom is -0.399 e. The molecule has 1 saturated heterocycles. The van der Waals surface area contributed by atoms with Crippen LogP contribution in [0.3, 0.4) is 0 Å². The van der Waals surface area contributed by atoms with E-state index in [0.717, 1.165) is 18.6 Å². The highest BCUT2D eigenvalue weighted by Gasteiger charge is 2.23. The maximum absolute atomic E-state index is 5.96. The zero-order chi connectivity index (χ0) is 12.5. The van der Waals surface area contributed by atoms with Crippen LogP contribution in [0.25, 0.3) is 11.4 Å². The van der Waals surface area contributed by atoms with Crippen LogP contribution in [0, 0.1) is 0 Å². The van der Waals surface area contributed by atoms with Gasteiger partial charge in [-0.15, -0.1) is 5.10 Å². The van der Waals surface area contributed by atoms with Crippen molar-refractivity contribution in [3.8, 4) is 11.4 Å². The van der Waals surface area contributed by atoms with Crippen molar-refractivity contribution in [2.45, 2.75) is 12.5 Å². The lowest BCUT2D eigenvalue weighted by molar-refractivity contribution is 0.184. The molecule has 7 heteroatoms. The van der Waals surface area contributed by atoms with Crippen molar-refractivity contribution in [3.05, 3.63) is 18.2 Å². The van der Waals surface area contributed by atoms with Crippen LogP contribution in [-0.4, -0.2) is 33.4 Å². The van der Waals surface area contributed by atoms with Crippen molar-refractivity contribution >= 4 is 11.4 Å². The molecule has 1 fully saturated rings. The molecule has 1 aromatic carbocycles. The molecule has 4 N–H and O–H groups in total. The van der Waals surface area contributed by atoms with Gasteiger partial charge in [-0.25, -0.2) is 4.68 Å². The van der Waals surface area contributed by atoms with E-state index in [4.69, 9.17) is 16.2 Å². The average Bonchev–Trinajstić information content (AvgIpc) is 2.98. The van der Waals surface area contributed by atoms with Crippen LogP contribution in [-0.2, 0) is 4.74 Å². The first kappa shape index (κ1) is 11.0. The molecule has 0 bridgehead atoms. The van der Waals surface area contributed by atoms with Gasteiger partial charge in [-0.3, -0.25) is 0 Å². The summed E-state index contributed by atoms with van der Waals surface area (Å²) in [4.78, 5) is 0. The van der Waals surface area contributed by atoms with Gasteiger partial charge in [0.2, 0.25) is 0 Å². The monoisotopic (exact) mass is 246 g/mol. The molecule has 0 aliphatic carbocycles. The highest BCUT2D eigenvalue weighted by molar-refractivity contribution is 5.74. The van der Waals surface area contributed by atoms with Crippen molar-refractivity contribution in [1.29, 1.82) is 0 Å².